The zero-order valence-electron chi connectivity index (χ0n) is 14.1. The Balaban J connectivity index is 1.77. The third-order valence-corrected chi connectivity index (χ3v) is 4.51. The molecule has 0 saturated carbocycles. The molecule has 3 heterocycles. The Morgan fingerprint density at radius 3 is 2.23 bits per heavy atom. The van der Waals surface area contributed by atoms with Crippen molar-refractivity contribution in [3.63, 3.8) is 0 Å². The van der Waals surface area contributed by atoms with E-state index in [1.54, 1.807) is 0 Å². The fourth-order valence-corrected chi connectivity index (χ4v) is 3.26. The molecular formula is C21H17N5. The number of nitrogens with zero attached hydrogens (tertiary/aromatic N) is 4. The largest absolute Gasteiger partial charge is 0.368 e. The van der Waals surface area contributed by atoms with Gasteiger partial charge in [0.25, 0.3) is 0 Å². The Hall–Kier alpha value is -3.47. The van der Waals surface area contributed by atoms with Gasteiger partial charge in [-0.3, -0.25) is 4.99 Å². The van der Waals surface area contributed by atoms with Crippen LogP contribution in [0.2, 0.25) is 0 Å². The maximum absolute atomic E-state index is 4.84. The van der Waals surface area contributed by atoms with Gasteiger partial charge in [-0.1, -0.05) is 60.7 Å². The van der Waals surface area contributed by atoms with E-state index < -0.39 is 0 Å². The molecule has 1 aliphatic rings. The zero-order chi connectivity index (χ0) is 17.3. The number of fused-ring (bicyclic) bond motifs is 1. The number of hydrogen-bond donors (Lipinski definition) is 1. The molecule has 0 unspecified atom stereocenters. The molecule has 1 aliphatic heterocycles. The van der Waals surface area contributed by atoms with E-state index in [4.69, 9.17) is 10.1 Å². The van der Waals surface area contributed by atoms with Gasteiger partial charge in [0, 0.05) is 17.7 Å². The highest BCUT2D eigenvalue weighted by atomic mass is 15.3. The van der Waals surface area contributed by atoms with E-state index >= 15 is 0 Å². The van der Waals surface area contributed by atoms with E-state index in [-0.39, 0.29) is 0 Å². The van der Waals surface area contributed by atoms with Crippen molar-refractivity contribution in [1.82, 2.24) is 19.9 Å². The third kappa shape index (κ3) is 2.45. The third-order valence-electron chi connectivity index (χ3n) is 4.51. The smallest absolute Gasteiger partial charge is 0.182 e. The lowest BCUT2D eigenvalue weighted by molar-refractivity contribution is 0.956. The Kier molecular flexibility index (Phi) is 3.49. The first kappa shape index (κ1) is 14.8. The monoisotopic (exact) mass is 339 g/mol. The maximum Gasteiger partial charge on any atom is 0.182 e. The molecule has 2 aromatic heterocycles. The summed E-state index contributed by atoms with van der Waals surface area (Å²) in [5.41, 5.74) is 4.92. The molecule has 0 bridgehead atoms. The molecule has 0 spiro atoms. The Morgan fingerprint density at radius 1 is 0.808 bits per heavy atom. The summed E-state index contributed by atoms with van der Waals surface area (Å²) in [6, 6.07) is 24.5. The second-order valence-corrected chi connectivity index (χ2v) is 6.19. The minimum atomic E-state index is 0.717. The van der Waals surface area contributed by atoms with E-state index in [2.05, 4.69) is 34.6 Å². The van der Waals surface area contributed by atoms with E-state index in [1.807, 2.05) is 53.0 Å². The van der Waals surface area contributed by atoms with Crippen LogP contribution in [0.5, 0.6) is 0 Å². The van der Waals surface area contributed by atoms with Crippen LogP contribution in [0.1, 0.15) is 5.56 Å². The van der Waals surface area contributed by atoms with E-state index in [1.165, 1.54) is 0 Å². The summed E-state index contributed by atoms with van der Waals surface area (Å²) in [5.74, 6) is 1.61. The van der Waals surface area contributed by atoms with Gasteiger partial charge in [-0.2, -0.15) is 0 Å². The van der Waals surface area contributed by atoms with Gasteiger partial charge < -0.3 is 5.32 Å². The van der Waals surface area contributed by atoms with Crippen LogP contribution in [-0.2, 0) is 0 Å². The van der Waals surface area contributed by atoms with Gasteiger partial charge in [0.05, 0.1) is 17.8 Å². The van der Waals surface area contributed by atoms with Crippen LogP contribution in [-0.4, -0.2) is 33.5 Å². The molecule has 0 radical (unpaired) electrons. The van der Waals surface area contributed by atoms with Crippen LogP contribution in [0.15, 0.2) is 77.8 Å². The molecule has 4 aromatic rings. The fourth-order valence-electron chi connectivity index (χ4n) is 3.26. The Bertz CT molecular complexity index is 1100. The highest BCUT2D eigenvalue weighted by Crippen LogP contribution is 2.25. The predicted molar refractivity (Wildman–Crippen MR) is 103 cm³/mol. The molecule has 5 heteroatoms. The van der Waals surface area contributed by atoms with Crippen molar-refractivity contribution in [2.75, 3.05) is 13.1 Å². The number of rotatable bonds is 3. The van der Waals surface area contributed by atoms with E-state index in [0.717, 1.165) is 47.0 Å². The SMILES string of the molecule is c1ccc(-c2nc3c(C4=NCCN4)ccc(-c4ccccc4)n3n2)cc1. The lowest BCUT2D eigenvalue weighted by atomic mass is 10.1. The van der Waals surface area contributed by atoms with Crippen molar-refractivity contribution in [2.24, 2.45) is 4.99 Å². The van der Waals surface area contributed by atoms with Gasteiger partial charge in [0.2, 0.25) is 0 Å². The summed E-state index contributed by atoms with van der Waals surface area (Å²) in [7, 11) is 0. The van der Waals surface area contributed by atoms with Gasteiger partial charge in [-0.05, 0) is 12.1 Å². The van der Waals surface area contributed by atoms with Crippen molar-refractivity contribution >= 4 is 11.5 Å². The van der Waals surface area contributed by atoms with Crippen LogP contribution >= 0.6 is 0 Å². The molecule has 0 amide bonds. The average molecular weight is 339 g/mol. The number of aromatic nitrogens is 3. The maximum atomic E-state index is 4.84. The second kappa shape index (κ2) is 6.11. The molecule has 2 aromatic carbocycles. The molecule has 26 heavy (non-hydrogen) atoms. The van der Waals surface area contributed by atoms with E-state index in [9.17, 15) is 0 Å². The van der Waals surface area contributed by atoms with Gasteiger partial charge >= 0.3 is 0 Å². The summed E-state index contributed by atoms with van der Waals surface area (Å²) in [6.45, 7) is 1.66. The van der Waals surface area contributed by atoms with Crippen LogP contribution in [0.4, 0.5) is 0 Å². The number of benzene rings is 2. The topological polar surface area (TPSA) is 54.6 Å². The van der Waals surface area contributed by atoms with E-state index in [0.29, 0.717) is 5.82 Å². The van der Waals surface area contributed by atoms with Crippen molar-refractivity contribution < 1.29 is 0 Å². The predicted octanol–water partition coefficient (Wildman–Crippen LogP) is 3.41. The minimum absolute atomic E-state index is 0.717. The van der Waals surface area contributed by atoms with Crippen molar-refractivity contribution in [3.05, 3.63) is 78.4 Å². The van der Waals surface area contributed by atoms with Gasteiger partial charge in [0.15, 0.2) is 11.5 Å². The molecule has 126 valence electrons. The summed E-state index contributed by atoms with van der Waals surface area (Å²) in [5, 5.41) is 8.16. The van der Waals surface area contributed by atoms with Crippen molar-refractivity contribution in [1.29, 1.82) is 0 Å². The molecular weight excluding hydrogens is 322 g/mol. The number of pyridine rings is 1. The lowest BCUT2D eigenvalue weighted by Gasteiger charge is -2.08. The molecule has 0 fully saturated rings. The average Bonchev–Trinajstić information content (AvgIpc) is 3.39. The molecule has 0 atom stereocenters. The van der Waals surface area contributed by atoms with Crippen LogP contribution < -0.4 is 5.32 Å². The normalized spacial score (nSPS) is 13.6. The Morgan fingerprint density at radius 2 is 1.54 bits per heavy atom. The quantitative estimate of drug-likeness (QED) is 0.622. The standard InChI is InChI=1S/C21H17N5/c1-3-7-15(8-4-1)18-12-11-17(20-22-13-14-23-20)21-24-19(25-26(18)21)16-9-5-2-6-10-16/h1-12H,13-14H2,(H,22,23). The van der Waals surface area contributed by atoms with Crippen LogP contribution in [0.25, 0.3) is 28.3 Å². The molecule has 0 saturated heterocycles. The second-order valence-electron chi connectivity index (χ2n) is 6.19. The summed E-state index contributed by atoms with van der Waals surface area (Å²) in [6.07, 6.45) is 0. The summed E-state index contributed by atoms with van der Waals surface area (Å²) < 4.78 is 1.93. The molecule has 0 aliphatic carbocycles. The van der Waals surface area contributed by atoms with Crippen LogP contribution in [0.3, 0.4) is 0 Å². The molecule has 5 rings (SSSR count). The van der Waals surface area contributed by atoms with Crippen molar-refractivity contribution in [3.8, 4) is 22.6 Å². The zero-order valence-corrected chi connectivity index (χ0v) is 14.1. The van der Waals surface area contributed by atoms with Crippen LogP contribution in [0, 0.1) is 0 Å². The van der Waals surface area contributed by atoms with Gasteiger partial charge in [-0.25, -0.2) is 9.50 Å². The molecule has 1 N–H and O–H groups in total. The highest BCUT2D eigenvalue weighted by molar-refractivity contribution is 6.05. The minimum Gasteiger partial charge on any atom is -0.368 e. The lowest BCUT2D eigenvalue weighted by Crippen LogP contribution is -2.20. The van der Waals surface area contributed by atoms with Crippen molar-refractivity contribution in [2.45, 2.75) is 0 Å². The number of amidine groups is 1. The first-order chi connectivity index (χ1) is 12.9. The number of hydrogen-bond acceptors (Lipinski definition) is 4. The summed E-state index contributed by atoms with van der Waals surface area (Å²) in [4.78, 5) is 9.41. The van der Waals surface area contributed by atoms with Gasteiger partial charge in [0.1, 0.15) is 5.84 Å². The van der Waals surface area contributed by atoms with Gasteiger partial charge in [-0.15, -0.1) is 5.10 Å². The summed E-state index contributed by atoms with van der Waals surface area (Å²) >= 11 is 0. The first-order valence-electron chi connectivity index (χ1n) is 8.69. The first-order valence-corrected chi connectivity index (χ1v) is 8.69. The number of aliphatic imine (C=N–C) groups is 1. The fraction of sp³-hybridized carbons (Fsp3) is 0.0952. The number of nitrogens with one attached hydrogen (secondary N) is 1. The molecule has 5 nitrogen and oxygen atoms in total. The highest BCUT2D eigenvalue weighted by Gasteiger charge is 2.18. The Labute approximate surface area is 151 Å².